The summed E-state index contributed by atoms with van der Waals surface area (Å²) in [6.45, 7) is 0. The average Bonchev–Trinajstić information content (AvgIpc) is 2.99. The third kappa shape index (κ3) is 2.21. The minimum atomic E-state index is 0.662. The maximum atomic E-state index is 6.06. The van der Waals surface area contributed by atoms with Gasteiger partial charge in [-0.2, -0.15) is 0 Å². The van der Waals surface area contributed by atoms with Crippen molar-refractivity contribution in [2.75, 3.05) is 0 Å². The molecular formula is C16H10ClN5. The number of pyridine rings is 1. The van der Waals surface area contributed by atoms with Crippen LogP contribution in [0.25, 0.3) is 28.4 Å². The molecule has 106 valence electrons. The molecule has 0 spiro atoms. The SMILES string of the molecule is Clc1cccc(-c2nnc3ccc(-c4ncccn4)cn23)c1. The summed E-state index contributed by atoms with van der Waals surface area (Å²) in [6, 6.07) is 13.2. The lowest BCUT2D eigenvalue weighted by atomic mass is 10.2. The molecule has 3 heterocycles. The van der Waals surface area contributed by atoms with Crippen LogP contribution in [0.2, 0.25) is 5.02 Å². The minimum Gasteiger partial charge on any atom is -0.282 e. The Bertz CT molecular complexity index is 949. The van der Waals surface area contributed by atoms with E-state index in [0.29, 0.717) is 10.8 Å². The van der Waals surface area contributed by atoms with Crippen molar-refractivity contribution in [2.45, 2.75) is 0 Å². The van der Waals surface area contributed by atoms with Gasteiger partial charge in [0.15, 0.2) is 17.3 Å². The summed E-state index contributed by atoms with van der Waals surface area (Å²) in [5.74, 6) is 1.39. The summed E-state index contributed by atoms with van der Waals surface area (Å²) in [7, 11) is 0. The van der Waals surface area contributed by atoms with Crippen molar-refractivity contribution in [1.29, 1.82) is 0 Å². The van der Waals surface area contributed by atoms with Crippen molar-refractivity contribution in [3.8, 4) is 22.8 Å². The van der Waals surface area contributed by atoms with E-state index in [9.17, 15) is 0 Å². The van der Waals surface area contributed by atoms with Gasteiger partial charge in [0.2, 0.25) is 0 Å². The van der Waals surface area contributed by atoms with E-state index < -0.39 is 0 Å². The van der Waals surface area contributed by atoms with E-state index in [4.69, 9.17) is 11.6 Å². The Balaban J connectivity index is 1.91. The van der Waals surface area contributed by atoms with Crippen molar-refractivity contribution in [3.05, 3.63) is 66.1 Å². The first-order chi connectivity index (χ1) is 10.8. The van der Waals surface area contributed by atoms with E-state index >= 15 is 0 Å². The summed E-state index contributed by atoms with van der Waals surface area (Å²) < 4.78 is 1.91. The number of rotatable bonds is 2. The molecule has 4 aromatic rings. The van der Waals surface area contributed by atoms with Crippen LogP contribution in [0, 0.1) is 0 Å². The molecule has 1 aromatic carbocycles. The molecule has 5 nitrogen and oxygen atoms in total. The van der Waals surface area contributed by atoms with Gasteiger partial charge in [0.05, 0.1) is 0 Å². The Morgan fingerprint density at radius 1 is 0.864 bits per heavy atom. The number of fused-ring (bicyclic) bond motifs is 1. The van der Waals surface area contributed by atoms with E-state index in [2.05, 4.69) is 20.2 Å². The molecule has 0 aliphatic carbocycles. The molecule has 0 saturated heterocycles. The van der Waals surface area contributed by atoms with Crippen LogP contribution in [0.3, 0.4) is 0 Å². The molecular weight excluding hydrogens is 298 g/mol. The van der Waals surface area contributed by atoms with Crippen molar-refractivity contribution in [1.82, 2.24) is 24.6 Å². The summed E-state index contributed by atoms with van der Waals surface area (Å²) in [5, 5.41) is 9.11. The van der Waals surface area contributed by atoms with Crippen LogP contribution >= 0.6 is 11.6 Å². The van der Waals surface area contributed by atoms with Crippen LogP contribution in [-0.4, -0.2) is 24.6 Å². The summed E-state index contributed by atoms with van der Waals surface area (Å²) >= 11 is 6.06. The second kappa shape index (κ2) is 5.20. The summed E-state index contributed by atoms with van der Waals surface area (Å²) in [6.07, 6.45) is 5.37. The zero-order valence-corrected chi connectivity index (χ0v) is 12.1. The molecule has 0 N–H and O–H groups in total. The molecule has 0 aliphatic heterocycles. The number of nitrogens with zero attached hydrogens (tertiary/aromatic N) is 5. The molecule has 3 aromatic heterocycles. The van der Waals surface area contributed by atoms with Gasteiger partial charge in [-0.3, -0.25) is 4.40 Å². The average molecular weight is 308 g/mol. The normalized spacial score (nSPS) is 11.0. The van der Waals surface area contributed by atoms with Crippen molar-refractivity contribution in [2.24, 2.45) is 0 Å². The number of hydrogen-bond acceptors (Lipinski definition) is 4. The van der Waals surface area contributed by atoms with Gasteiger partial charge in [-0.15, -0.1) is 10.2 Å². The van der Waals surface area contributed by atoms with Gasteiger partial charge >= 0.3 is 0 Å². The highest BCUT2D eigenvalue weighted by molar-refractivity contribution is 6.30. The first kappa shape index (κ1) is 12.9. The van der Waals surface area contributed by atoms with Gasteiger partial charge in [-0.25, -0.2) is 9.97 Å². The number of halogens is 1. The Morgan fingerprint density at radius 2 is 1.73 bits per heavy atom. The zero-order valence-electron chi connectivity index (χ0n) is 11.4. The highest BCUT2D eigenvalue weighted by Crippen LogP contribution is 2.23. The Kier molecular flexibility index (Phi) is 3.05. The Labute approximate surface area is 131 Å². The number of aromatic nitrogens is 5. The first-order valence-electron chi connectivity index (χ1n) is 6.69. The lowest BCUT2D eigenvalue weighted by molar-refractivity contribution is 1.11. The van der Waals surface area contributed by atoms with Crippen LogP contribution in [0.5, 0.6) is 0 Å². The highest BCUT2D eigenvalue weighted by atomic mass is 35.5. The standard InChI is InChI=1S/C16H10ClN5/c17-13-4-1-3-11(9-13)16-21-20-14-6-5-12(10-22(14)16)15-18-7-2-8-19-15/h1-10H. The van der Waals surface area contributed by atoms with Crippen LogP contribution in [0.15, 0.2) is 61.1 Å². The van der Waals surface area contributed by atoms with Crippen LogP contribution < -0.4 is 0 Å². The largest absolute Gasteiger partial charge is 0.282 e. The van der Waals surface area contributed by atoms with Crippen molar-refractivity contribution >= 4 is 17.2 Å². The second-order valence-electron chi connectivity index (χ2n) is 4.75. The van der Waals surface area contributed by atoms with Gasteiger partial charge in [0.1, 0.15) is 0 Å². The zero-order chi connectivity index (χ0) is 14.9. The topological polar surface area (TPSA) is 56.0 Å². The van der Waals surface area contributed by atoms with E-state index in [1.165, 1.54) is 0 Å². The number of benzene rings is 1. The first-order valence-corrected chi connectivity index (χ1v) is 7.07. The molecule has 0 atom stereocenters. The molecule has 0 aliphatic rings. The van der Waals surface area contributed by atoms with Crippen LogP contribution in [-0.2, 0) is 0 Å². The molecule has 0 unspecified atom stereocenters. The Morgan fingerprint density at radius 3 is 2.55 bits per heavy atom. The molecule has 6 heteroatoms. The molecule has 0 fully saturated rings. The van der Waals surface area contributed by atoms with E-state index in [0.717, 1.165) is 22.6 Å². The second-order valence-corrected chi connectivity index (χ2v) is 5.19. The van der Waals surface area contributed by atoms with E-state index in [1.807, 2.05) is 47.0 Å². The smallest absolute Gasteiger partial charge is 0.168 e. The van der Waals surface area contributed by atoms with E-state index in [-0.39, 0.29) is 0 Å². The molecule has 0 saturated carbocycles. The predicted octanol–water partition coefficient (Wildman–Crippen LogP) is 3.51. The van der Waals surface area contributed by atoms with Crippen LogP contribution in [0.1, 0.15) is 0 Å². The fourth-order valence-corrected chi connectivity index (χ4v) is 2.49. The maximum Gasteiger partial charge on any atom is 0.168 e. The van der Waals surface area contributed by atoms with Gasteiger partial charge in [0, 0.05) is 34.7 Å². The van der Waals surface area contributed by atoms with Gasteiger partial charge in [0.25, 0.3) is 0 Å². The van der Waals surface area contributed by atoms with Gasteiger partial charge < -0.3 is 0 Å². The van der Waals surface area contributed by atoms with Crippen molar-refractivity contribution < 1.29 is 0 Å². The molecule has 0 bridgehead atoms. The predicted molar refractivity (Wildman–Crippen MR) is 84.5 cm³/mol. The maximum absolute atomic E-state index is 6.06. The number of hydrogen-bond donors (Lipinski definition) is 0. The summed E-state index contributed by atoms with van der Waals surface area (Å²) in [5.41, 5.74) is 2.57. The van der Waals surface area contributed by atoms with E-state index in [1.54, 1.807) is 18.5 Å². The third-order valence-corrected chi connectivity index (χ3v) is 3.54. The lowest BCUT2D eigenvalue weighted by Gasteiger charge is -2.03. The van der Waals surface area contributed by atoms with Crippen LogP contribution in [0.4, 0.5) is 0 Å². The Hall–Kier alpha value is -2.79. The summed E-state index contributed by atoms with van der Waals surface area (Å²) in [4.78, 5) is 8.54. The lowest BCUT2D eigenvalue weighted by Crippen LogP contribution is -1.93. The highest BCUT2D eigenvalue weighted by Gasteiger charge is 2.10. The van der Waals surface area contributed by atoms with Gasteiger partial charge in [-0.1, -0.05) is 23.7 Å². The quantitative estimate of drug-likeness (QED) is 0.568. The third-order valence-electron chi connectivity index (χ3n) is 3.31. The fourth-order valence-electron chi connectivity index (χ4n) is 2.30. The van der Waals surface area contributed by atoms with Gasteiger partial charge in [-0.05, 0) is 30.3 Å². The van der Waals surface area contributed by atoms with Crippen molar-refractivity contribution in [3.63, 3.8) is 0 Å². The molecule has 0 radical (unpaired) electrons. The monoisotopic (exact) mass is 307 g/mol. The fraction of sp³-hybridized carbons (Fsp3) is 0. The molecule has 22 heavy (non-hydrogen) atoms. The molecule has 0 amide bonds. The molecule has 4 rings (SSSR count). The minimum absolute atomic E-state index is 0.662.